The van der Waals surface area contributed by atoms with Crippen molar-refractivity contribution in [3.63, 3.8) is 0 Å². The van der Waals surface area contributed by atoms with Gasteiger partial charge in [-0.05, 0) is 18.9 Å². The summed E-state index contributed by atoms with van der Waals surface area (Å²) in [7, 11) is 0. The highest BCUT2D eigenvalue weighted by molar-refractivity contribution is 8.00. The van der Waals surface area contributed by atoms with Gasteiger partial charge >= 0.3 is 5.97 Å². The first kappa shape index (κ1) is 13.4. The van der Waals surface area contributed by atoms with Gasteiger partial charge in [0.1, 0.15) is 0 Å². The molecular weight excluding hydrogens is 272 g/mol. The van der Waals surface area contributed by atoms with E-state index in [0.717, 1.165) is 28.6 Å². The minimum atomic E-state index is -0.999. The number of carboxylic acids is 1. The van der Waals surface area contributed by atoms with Crippen molar-refractivity contribution in [3.8, 4) is 0 Å². The number of nitrogens with zero attached hydrogens (tertiary/aromatic N) is 2. The molecule has 3 rings (SSSR count). The quantitative estimate of drug-likeness (QED) is 0.931. The average Bonchev–Trinajstić information content (AvgIpc) is 2.48. The summed E-state index contributed by atoms with van der Waals surface area (Å²) in [6, 6.07) is 7.62. The highest BCUT2D eigenvalue weighted by atomic mass is 32.2. The third-order valence-corrected chi connectivity index (χ3v) is 5.11. The van der Waals surface area contributed by atoms with Crippen molar-refractivity contribution < 1.29 is 9.90 Å². The largest absolute Gasteiger partial charge is 0.476 e. The van der Waals surface area contributed by atoms with Crippen molar-refractivity contribution in [2.45, 2.75) is 42.2 Å². The van der Waals surface area contributed by atoms with Gasteiger partial charge in [0.15, 0.2) is 5.69 Å². The summed E-state index contributed by atoms with van der Waals surface area (Å²) in [6.07, 6.45) is 6.06. The van der Waals surface area contributed by atoms with Crippen molar-refractivity contribution in [3.05, 3.63) is 30.0 Å². The van der Waals surface area contributed by atoms with Gasteiger partial charge < -0.3 is 5.11 Å². The lowest BCUT2D eigenvalue weighted by molar-refractivity contribution is 0.0685. The lowest BCUT2D eigenvalue weighted by Gasteiger charge is -2.21. The zero-order valence-electron chi connectivity index (χ0n) is 11.1. The van der Waals surface area contributed by atoms with Crippen LogP contribution in [0, 0.1) is 0 Å². The van der Waals surface area contributed by atoms with Crippen LogP contribution >= 0.6 is 11.8 Å². The van der Waals surface area contributed by atoms with E-state index in [2.05, 4.69) is 10.2 Å². The zero-order valence-corrected chi connectivity index (χ0v) is 11.9. The van der Waals surface area contributed by atoms with E-state index < -0.39 is 5.97 Å². The van der Waals surface area contributed by atoms with E-state index in [4.69, 9.17) is 0 Å². The van der Waals surface area contributed by atoms with Gasteiger partial charge in [-0.15, -0.1) is 22.0 Å². The van der Waals surface area contributed by atoms with Crippen LogP contribution in [0.25, 0.3) is 10.9 Å². The molecule has 1 heterocycles. The van der Waals surface area contributed by atoms with Crippen LogP contribution in [-0.4, -0.2) is 26.5 Å². The Kier molecular flexibility index (Phi) is 3.87. The monoisotopic (exact) mass is 288 g/mol. The molecule has 0 bridgehead atoms. The molecule has 1 N–H and O–H groups in total. The van der Waals surface area contributed by atoms with E-state index in [9.17, 15) is 9.90 Å². The minimum Gasteiger partial charge on any atom is -0.476 e. The Bertz CT molecular complexity index is 639. The maximum atomic E-state index is 11.4. The van der Waals surface area contributed by atoms with Gasteiger partial charge in [0.05, 0.1) is 10.4 Å². The highest BCUT2D eigenvalue weighted by Gasteiger charge is 2.22. The smallest absolute Gasteiger partial charge is 0.357 e. The third-order valence-electron chi connectivity index (χ3n) is 3.66. The Morgan fingerprint density at radius 2 is 1.90 bits per heavy atom. The van der Waals surface area contributed by atoms with Gasteiger partial charge in [-0.25, -0.2) is 4.79 Å². The lowest BCUT2D eigenvalue weighted by atomic mass is 10.0. The molecule has 0 atom stereocenters. The summed E-state index contributed by atoms with van der Waals surface area (Å²) in [4.78, 5) is 12.2. The summed E-state index contributed by atoms with van der Waals surface area (Å²) >= 11 is 1.67. The van der Waals surface area contributed by atoms with E-state index in [1.807, 2.05) is 24.3 Å². The van der Waals surface area contributed by atoms with Gasteiger partial charge in [-0.1, -0.05) is 37.5 Å². The minimum absolute atomic E-state index is 0.0827. The molecule has 0 spiro atoms. The van der Waals surface area contributed by atoms with Crippen LogP contribution in [0.2, 0.25) is 0 Å². The van der Waals surface area contributed by atoms with E-state index in [1.165, 1.54) is 19.3 Å². The molecule has 1 aliphatic rings. The maximum Gasteiger partial charge on any atom is 0.357 e. The Morgan fingerprint density at radius 3 is 2.65 bits per heavy atom. The van der Waals surface area contributed by atoms with E-state index in [-0.39, 0.29) is 5.69 Å². The molecule has 1 fully saturated rings. The molecule has 0 aliphatic heterocycles. The van der Waals surface area contributed by atoms with Gasteiger partial charge in [0, 0.05) is 10.6 Å². The first-order valence-electron chi connectivity index (χ1n) is 6.91. The second-order valence-electron chi connectivity index (χ2n) is 5.08. The number of fused-ring (bicyclic) bond motifs is 1. The Hall–Kier alpha value is -1.62. The number of aromatic carboxylic acids is 1. The molecule has 104 valence electrons. The second-order valence-corrected chi connectivity index (χ2v) is 6.39. The van der Waals surface area contributed by atoms with Gasteiger partial charge in [-0.3, -0.25) is 0 Å². The number of hydrogen-bond acceptors (Lipinski definition) is 4. The van der Waals surface area contributed by atoms with E-state index in [0.29, 0.717) is 5.25 Å². The predicted octanol–water partition coefficient (Wildman–Crippen LogP) is 3.75. The van der Waals surface area contributed by atoms with Crippen molar-refractivity contribution >= 4 is 28.6 Å². The first-order chi connectivity index (χ1) is 9.75. The number of benzene rings is 1. The average molecular weight is 288 g/mol. The molecule has 5 heteroatoms. The Morgan fingerprint density at radius 1 is 1.15 bits per heavy atom. The number of hydrogen-bond donors (Lipinski definition) is 1. The summed E-state index contributed by atoms with van der Waals surface area (Å²) in [5.74, 6) is -0.999. The number of rotatable bonds is 3. The summed E-state index contributed by atoms with van der Waals surface area (Å²) in [6.45, 7) is 0. The fraction of sp³-hybridized carbons (Fsp3) is 0.400. The fourth-order valence-corrected chi connectivity index (χ4v) is 4.08. The number of carbonyl (C=O) groups is 1. The van der Waals surface area contributed by atoms with Crippen molar-refractivity contribution in [1.29, 1.82) is 0 Å². The van der Waals surface area contributed by atoms with Crippen LogP contribution in [0.15, 0.2) is 29.2 Å². The summed E-state index contributed by atoms with van der Waals surface area (Å²) < 4.78 is 0. The molecule has 1 aliphatic carbocycles. The van der Waals surface area contributed by atoms with Crippen molar-refractivity contribution in [1.82, 2.24) is 10.2 Å². The van der Waals surface area contributed by atoms with Crippen LogP contribution in [0.5, 0.6) is 0 Å². The molecule has 0 unspecified atom stereocenters. The fourth-order valence-electron chi connectivity index (χ4n) is 2.64. The zero-order chi connectivity index (χ0) is 13.9. The highest BCUT2D eigenvalue weighted by Crippen LogP contribution is 2.38. The third kappa shape index (κ3) is 2.63. The molecule has 20 heavy (non-hydrogen) atoms. The van der Waals surface area contributed by atoms with Crippen LogP contribution in [0.3, 0.4) is 0 Å². The van der Waals surface area contributed by atoms with Crippen molar-refractivity contribution in [2.24, 2.45) is 0 Å². The van der Waals surface area contributed by atoms with Gasteiger partial charge in [-0.2, -0.15) is 0 Å². The molecule has 4 nitrogen and oxygen atoms in total. The standard InChI is InChI=1S/C15H16N2O2S/c18-15(19)13-14(20-10-6-2-1-3-7-10)11-8-4-5-9-12(11)16-17-13/h4-5,8-10H,1-3,6-7H2,(H,18,19). The van der Waals surface area contributed by atoms with Crippen LogP contribution < -0.4 is 0 Å². The SMILES string of the molecule is O=C(O)c1nnc2ccccc2c1SC1CCCCC1. The van der Waals surface area contributed by atoms with Crippen LogP contribution in [0.1, 0.15) is 42.6 Å². The second kappa shape index (κ2) is 5.79. The van der Waals surface area contributed by atoms with Crippen LogP contribution in [0.4, 0.5) is 0 Å². The Balaban J connectivity index is 2.04. The number of carboxylic acid groups (broad SMARTS) is 1. The summed E-state index contributed by atoms with van der Waals surface area (Å²) in [5.41, 5.74) is 0.843. The van der Waals surface area contributed by atoms with E-state index >= 15 is 0 Å². The predicted molar refractivity (Wildman–Crippen MR) is 79.2 cm³/mol. The number of aromatic nitrogens is 2. The van der Waals surface area contributed by atoms with Crippen LogP contribution in [-0.2, 0) is 0 Å². The molecule has 1 aromatic heterocycles. The van der Waals surface area contributed by atoms with Gasteiger partial charge in [0.25, 0.3) is 0 Å². The topological polar surface area (TPSA) is 63.1 Å². The van der Waals surface area contributed by atoms with Gasteiger partial charge in [0.2, 0.25) is 0 Å². The van der Waals surface area contributed by atoms with Crippen molar-refractivity contribution in [2.75, 3.05) is 0 Å². The molecule has 0 amide bonds. The molecule has 2 aromatic rings. The molecule has 1 aromatic carbocycles. The number of thioether (sulfide) groups is 1. The lowest BCUT2D eigenvalue weighted by Crippen LogP contribution is -2.11. The Labute approximate surface area is 121 Å². The summed E-state index contributed by atoms with van der Waals surface area (Å²) in [5, 5.41) is 18.6. The van der Waals surface area contributed by atoms with E-state index in [1.54, 1.807) is 11.8 Å². The first-order valence-corrected chi connectivity index (χ1v) is 7.79. The molecule has 1 saturated carbocycles. The normalized spacial score (nSPS) is 16.4. The molecule has 0 radical (unpaired) electrons. The molecular formula is C15H16N2O2S. The maximum absolute atomic E-state index is 11.4. The molecule has 0 saturated heterocycles.